The van der Waals surface area contributed by atoms with E-state index >= 15 is 0 Å². The van der Waals surface area contributed by atoms with Gasteiger partial charge in [0.25, 0.3) is 11.8 Å². The third kappa shape index (κ3) is 6.45. The van der Waals surface area contributed by atoms with Crippen LogP contribution >= 0.6 is 0 Å². The summed E-state index contributed by atoms with van der Waals surface area (Å²) in [4.78, 5) is 35.9. The highest BCUT2D eigenvalue weighted by Crippen LogP contribution is 2.37. The third-order valence-corrected chi connectivity index (χ3v) is 4.74. The van der Waals surface area contributed by atoms with Crippen LogP contribution in [-0.4, -0.2) is 44.2 Å². The van der Waals surface area contributed by atoms with Crippen LogP contribution in [0.3, 0.4) is 0 Å². The summed E-state index contributed by atoms with van der Waals surface area (Å²) >= 11 is 0. The van der Waals surface area contributed by atoms with Gasteiger partial charge < -0.3 is 24.8 Å². The van der Waals surface area contributed by atoms with Crippen LogP contribution < -0.4 is 15.4 Å². The van der Waals surface area contributed by atoms with Gasteiger partial charge in [0.15, 0.2) is 6.61 Å². The number of hydrogen-bond donors (Lipinski definition) is 2. The second-order valence-corrected chi connectivity index (χ2v) is 7.10. The van der Waals surface area contributed by atoms with Crippen LogP contribution in [0.5, 0.6) is 5.75 Å². The van der Waals surface area contributed by atoms with Gasteiger partial charge in [-0.05, 0) is 49.2 Å². The number of methoxy groups -OCH3 is 1. The molecule has 3 rings (SSSR count). The van der Waals surface area contributed by atoms with E-state index in [4.69, 9.17) is 9.47 Å². The van der Waals surface area contributed by atoms with Gasteiger partial charge in [-0.15, -0.1) is 0 Å². The average Bonchev–Trinajstić information content (AvgIpc) is 3.33. The number of benzene rings is 2. The van der Waals surface area contributed by atoms with E-state index in [2.05, 4.69) is 15.4 Å². The molecule has 2 N–H and O–H groups in total. The summed E-state index contributed by atoms with van der Waals surface area (Å²) in [5.74, 6) is -1.82. The largest absolute Gasteiger partial charge is 0.482 e. The molecular formula is C22H21F3N2O6. The van der Waals surface area contributed by atoms with E-state index in [1.54, 1.807) is 0 Å². The fourth-order valence-corrected chi connectivity index (χ4v) is 3.10. The molecule has 1 aliphatic heterocycles. The van der Waals surface area contributed by atoms with Gasteiger partial charge in [0.05, 0.1) is 18.4 Å². The first-order valence-corrected chi connectivity index (χ1v) is 9.92. The summed E-state index contributed by atoms with van der Waals surface area (Å²) in [7, 11) is 1.19. The maximum atomic E-state index is 13.6. The molecular weight excluding hydrogens is 445 g/mol. The lowest BCUT2D eigenvalue weighted by Crippen LogP contribution is -2.27. The predicted octanol–water partition coefficient (Wildman–Crippen LogP) is 3.63. The van der Waals surface area contributed by atoms with E-state index < -0.39 is 47.9 Å². The summed E-state index contributed by atoms with van der Waals surface area (Å²) in [6.45, 7) is 0.0324. The Hall–Kier alpha value is -3.60. The van der Waals surface area contributed by atoms with Crippen LogP contribution in [0.1, 0.15) is 28.8 Å². The highest BCUT2D eigenvalue weighted by molar-refractivity contribution is 6.05. The average molecular weight is 466 g/mol. The quantitative estimate of drug-likeness (QED) is 0.605. The number of esters is 1. The van der Waals surface area contributed by atoms with Gasteiger partial charge >= 0.3 is 12.1 Å². The highest BCUT2D eigenvalue weighted by Gasteiger charge is 2.35. The molecule has 0 radical (unpaired) electrons. The van der Waals surface area contributed by atoms with E-state index in [1.165, 1.54) is 37.4 Å². The van der Waals surface area contributed by atoms with Crippen molar-refractivity contribution in [2.24, 2.45) is 0 Å². The molecule has 1 aliphatic rings. The molecule has 0 saturated carbocycles. The summed E-state index contributed by atoms with van der Waals surface area (Å²) in [5.41, 5.74) is -1.66. The van der Waals surface area contributed by atoms with Crippen molar-refractivity contribution >= 4 is 29.2 Å². The lowest BCUT2D eigenvalue weighted by atomic mass is 10.1. The van der Waals surface area contributed by atoms with Crippen molar-refractivity contribution in [3.8, 4) is 5.75 Å². The molecule has 2 amide bonds. The second-order valence-electron chi connectivity index (χ2n) is 7.10. The Morgan fingerprint density at radius 3 is 2.58 bits per heavy atom. The minimum atomic E-state index is -4.79. The topological polar surface area (TPSA) is 103 Å². The van der Waals surface area contributed by atoms with E-state index in [9.17, 15) is 27.6 Å². The minimum absolute atomic E-state index is 0.0150. The Kier molecular flexibility index (Phi) is 7.54. The number of halogens is 3. The first-order chi connectivity index (χ1) is 15.7. The lowest BCUT2D eigenvalue weighted by molar-refractivity contribution is -0.143. The number of anilines is 2. The SMILES string of the molecule is COC(=O)COc1cccc(C(=O)Nc2ccc(NC(=O)C3CCCO3)cc2C(F)(F)F)c1. The molecule has 0 aromatic heterocycles. The number of ether oxygens (including phenoxy) is 3. The maximum Gasteiger partial charge on any atom is 0.418 e. The van der Waals surface area contributed by atoms with Crippen LogP contribution in [0, 0.1) is 0 Å². The van der Waals surface area contributed by atoms with Crippen molar-refractivity contribution in [2.45, 2.75) is 25.1 Å². The number of nitrogens with one attached hydrogen (secondary N) is 2. The van der Waals surface area contributed by atoms with Gasteiger partial charge in [0, 0.05) is 17.9 Å². The van der Waals surface area contributed by atoms with Crippen molar-refractivity contribution in [3.05, 3.63) is 53.6 Å². The van der Waals surface area contributed by atoms with Crippen molar-refractivity contribution in [1.29, 1.82) is 0 Å². The summed E-state index contributed by atoms with van der Waals surface area (Å²) < 4.78 is 55.8. The van der Waals surface area contributed by atoms with Gasteiger partial charge in [0.1, 0.15) is 11.9 Å². The summed E-state index contributed by atoms with van der Waals surface area (Å²) in [6, 6.07) is 8.66. The first-order valence-electron chi connectivity index (χ1n) is 9.92. The Morgan fingerprint density at radius 1 is 1.12 bits per heavy atom. The summed E-state index contributed by atoms with van der Waals surface area (Å²) in [5, 5.41) is 4.64. The van der Waals surface area contributed by atoms with E-state index in [0.29, 0.717) is 19.4 Å². The molecule has 11 heteroatoms. The van der Waals surface area contributed by atoms with E-state index in [0.717, 1.165) is 12.1 Å². The molecule has 1 saturated heterocycles. The summed E-state index contributed by atoms with van der Waals surface area (Å²) in [6.07, 6.45) is -4.30. The fraction of sp³-hybridized carbons (Fsp3) is 0.318. The number of alkyl halides is 3. The zero-order chi connectivity index (χ0) is 24.0. The van der Waals surface area contributed by atoms with Crippen LogP contribution in [0.4, 0.5) is 24.5 Å². The number of carbonyl (C=O) groups is 3. The zero-order valence-electron chi connectivity index (χ0n) is 17.5. The highest BCUT2D eigenvalue weighted by atomic mass is 19.4. The molecule has 0 spiro atoms. The van der Waals surface area contributed by atoms with Gasteiger partial charge in [0.2, 0.25) is 0 Å². The Bertz CT molecular complexity index is 1040. The Labute approximate surface area is 187 Å². The van der Waals surface area contributed by atoms with Crippen LogP contribution in [-0.2, 0) is 25.2 Å². The number of hydrogen-bond acceptors (Lipinski definition) is 6. The Morgan fingerprint density at radius 2 is 1.91 bits per heavy atom. The minimum Gasteiger partial charge on any atom is -0.482 e. The van der Waals surface area contributed by atoms with Crippen molar-refractivity contribution in [1.82, 2.24) is 0 Å². The molecule has 2 aromatic carbocycles. The van der Waals surface area contributed by atoms with Crippen LogP contribution in [0.25, 0.3) is 0 Å². The molecule has 2 aromatic rings. The molecule has 1 atom stereocenters. The first kappa shape index (κ1) is 24.1. The number of rotatable bonds is 7. The molecule has 1 fully saturated rings. The molecule has 1 heterocycles. The van der Waals surface area contributed by atoms with Crippen molar-refractivity contribution in [3.63, 3.8) is 0 Å². The van der Waals surface area contributed by atoms with Crippen LogP contribution in [0.2, 0.25) is 0 Å². The van der Waals surface area contributed by atoms with Crippen LogP contribution in [0.15, 0.2) is 42.5 Å². The maximum absolute atomic E-state index is 13.6. The molecule has 0 bridgehead atoms. The standard InChI is InChI=1S/C22H21F3N2O6/c1-31-19(28)12-33-15-5-2-4-13(10-15)20(29)27-17-8-7-14(11-16(17)22(23,24)25)26-21(30)18-6-3-9-32-18/h2,4-5,7-8,10-11,18H,3,6,9,12H2,1H3,(H,26,30)(H,27,29). The molecule has 176 valence electrons. The molecule has 1 unspecified atom stereocenters. The smallest absolute Gasteiger partial charge is 0.418 e. The molecule has 0 aliphatic carbocycles. The number of amides is 2. The van der Waals surface area contributed by atoms with E-state index in [1.807, 2.05) is 0 Å². The van der Waals surface area contributed by atoms with Gasteiger partial charge in [-0.3, -0.25) is 9.59 Å². The molecule has 8 nitrogen and oxygen atoms in total. The van der Waals surface area contributed by atoms with Crippen molar-refractivity contribution in [2.75, 3.05) is 31.0 Å². The van der Waals surface area contributed by atoms with E-state index in [-0.39, 0.29) is 17.0 Å². The Balaban J connectivity index is 1.76. The van der Waals surface area contributed by atoms with Gasteiger partial charge in [-0.25, -0.2) is 4.79 Å². The molecule has 33 heavy (non-hydrogen) atoms. The predicted molar refractivity (Wildman–Crippen MR) is 111 cm³/mol. The lowest BCUT2D eigenvalue weighted by Gasteiger charge is -2.17. The normalized spacial score (nSPS) is 15.6. The van der Waals surface area contributed by atoms with Gasteiger partial charge in [-0.1, -0.05) is 6.07 Å². The fourth-order valence-electron chi connectivity index (χ4n) is 3.10. The van der Waals surface area contributed by atoms with Crippen molar-refractivity contribution < 1.29 is 41.8 Å². The monoisotopic (exact) mass is 466 g/mol. The van der Waals surface area contributed by atoms with Gasteiger partial charge in [-0.2, -0.15) is 13.2 Å². The third-order valence-electron chi connectivity index (χ3n) is 4.74. The zero-order valence-corrected chi connectivity index (χ0v) is 17.5. The number of carbonyl (C=O) groups excluding carboxylic acids is 3. The second kappa shape index (κ2) is 10.3.